The minimum absolute atomic E-state index is 0.0391. The molecule has 2 aromatic heterocycles. The maximum absolute atomic E-state index is 6.10. The molecule has 0 saturated carbocycles. The summed E-state index contributed by atoms with van der Waals surface area (Å²) in [6.45, 7) is 11.5. The van der Waals surface area contributed by atoms with E-state index in [0.717, 1.165) is 34.9 Å². The fraction of sp³-hybridized carbons (Fsp3) is 0.409. The summed E-state index contributed by atoms with van der Waals surface area (Å²) >= 11 is 0. The maximum Gasteiger partial charge on any atom is 0.181 e. The molecule has 0 bridgehead atoms. The van der Waals surface area contributed by atoms with Gasteiger partial charge in [-0.05, 0) is 50.8 Å². The SMILES string of the molecule is CC(C)Cc1nc2c(OCc3ccccc3)cccn2c1NC(C)(C)C. The summed E-state index contributed by atoms with van der Waals surface area (Å²) < 4.78 is 8.21. The Morgan fingerprint density at radius 2 is 1.81 bits per heavy atom. The van der Waals surface area contributed by atoms with Crippen LogP contribution in [0.3, 0.4) is 0 Å². The van der Waals surface area contributed by atoms with E-state index in [1.54, 1.807) is 0 Å². The highest BCUT2D eigenvalue weighted by atomic mass is 16.5. The largest absolute Gasteiger partial charge is 0.485 e. The Hall–Kier alpha value is -2.49. The van der Waals surface area contributed by atoms with Crippen LogP contribution in [0.2, 0.25) is 0 Å². The molecule has 3 rings (SSSR count). The van der Waals surface area contributed by atoms with Crippen LogP contribution in [-0.4, -0.2) is 14.9 Å². The van der Waals surface area contributed by atoms with Crippen LogP contribution in [0.15, 0.2) is 48.7 Å². The van der Waals surface area contributed by atoms with Gasteiger partial charge in [0.05, 0.1) is 5.69 Å². The molecule has 3 aromatic rings. The smallest absolute Gasteiger partial charge is 0.181 e. The van der Waals surface area contributed by atoms with Crippen LogP contribution < -0.4 is 10.1 Å². The van der Waals surface area contributed by atoms with Crippen molar-refractivity contribution in [1.82, 2.24) is 9.38 Å². The number of hydrogen-bond donors (Lipinski definition) is 1. The number of anilines is 1. The van der Waals surface area contributed by atoms with Gasteiger partial charge in [0.15, 0.2) is 11.4 Å². The fourth-order valence-electron chi connectivity index (χ4n) is 2.95. The predicted octanol–water partition coefficient (Wildman–Crippen LogP) is 5.32. The van der Waals surface area contributed by atoms with E-state index >= 15 is 0 Å². The van der Waals surface area contributed by atoms with Crippen LogP contribution in [0.1, 0.15) is 45.9 Å². The first-order valence-electron chi connectivity index (χ1n) is 9.28. The molecule has 0 amide bonds. The highest BCUT2D eigenvalue weighted by Gasteiger charge is 2.20. The Bertz CT molecular complexity index is 860. The fourth-order valence-corrected chi connectivity index (χ4v) is 2.95. The monoisotopic (exact) mass is 351 g/mol. The van der Waals surface area contributed by atoms with Gasteiger partial charge >= 0.3 is 0 Å². The standard InChI is InChI=1S/C22H29N3O/c1-16(2)14-18-20(24-22(3,4)5)25-13-9-12-19(21(25)23-18)26-15-17-10-7-6-8-11-17/h6-13,16,24H,14-15H2,1-5H3. The van der Waals surface area contributed by atoms with Crippen LogP contribution in [0, 0.1) is 5.92 Å². The lowest BCUT2D eigenvalue weighted by Gasteiger charge is -2.23. The number of nitrogens with one attached hydrogen (secondary N) is 1. The number of fused-ring (bicyclic) bond motifs is 1. The summed E-state index contributed by atoms with van der Waals surface area (Å²) in [6, 6.07) is 14.2. The van der Waals surface area contributed by atoms with Crippen molar-refractivity contribution in [1.29, 1.82) is 0 Å². The van der Waals surface area contributed by atoms with Crippen molar-refractivity contribution in [2.45, 2.75) is 53.2 Å². The molecule has 0 aliphatic carbocycles. The summed E-state index contributed by atoms with van der Waals surface area (Å²) in [6.07, 6.45) is 2.98. The molecule has 1 N–H and O–H groups in total. The molecule has 0 aliphatic rings. The number of pyridine rings is 1. The van der Waals surface area contributed by atoms with Gasteiger partial charge < -0.3 is 10.1 Å². The van der Waals surface area contributed by atoms with E-state index in [0.29, 0.717) is 12.5 Å². The van der Waals surface area contributed by atoms with E-state index in [2.05, 4.69) is 62.7 Å². The van der Waals surface area contributed by atoms with E-state index in [1.807, 2.05) is 30.3 Å². The Morgan fingerprint density at radius 1 is 1.08 bits per heavy atom. The zero-order valence-corrected chi connectivity index (χ0v) is 16.4. The summed E-state index contributed by atoms with van der Waals surface area (Å²) in [4.78, 5) is 4.92. The number of aromatic nitrogens is 2. The van der Waals surface area contributed by atoms with Crippen LogP contribution in [0.25, 0.3) is 5.65 Å². The molecular formula is C22H29N3O. The molecule has 4 nitrogen and oxygen atoms in total. The molecule has 2 heterocycles. The van der Waals surface area contributed by atoms with Crippen molar-refractivity contribution in [3.05, 3.63) is 59.9 Å². The van der Waals surface area contributed by atoms with Gasteiger partial charge in [0, 0.05) is 11.7 Å². The molecule has 0 atom stereocenters. The van der Waals surface area contributed by atoms with Crippen LogP contribution in [0.5, 0.6) is 5.75 Å². The quantitative estimate of drug-likeness (QED) is 0.653. The molecule has 4 heteroatoms. The van der Waals surface area contributed by atoms with Gasteiger partial charge in [-0.25, -0.2) is 4.98 Å². The zero-order valence-electron chi connectivity index (χ0n) is 16.4. The third-order valence-electron chi connectivity index (χ3n) is 4.02. The summed E-state index contributed by atoms with van der Waals surface area (Å²) in [7, 11) is 0. The van der Waals surface area contributed by atoms with E-state index in [-0.39, 0.29) is 5.54 Å². The molecule has 0 radical (unpaired) electrons. The normalized spacial score (nSPS) is 11.9. The van der Waals surface area contributed by atoms with Crippen molar-refractivity contribution in [3.63, 3.8) is 0 Å². The topological polar surface area (TPSA) is 38.6 Å². The van der Waals surface area contributed by atoms with E-state index in [4.69, 9.17) is 9.72 Å². The summed E-state index contributed by atoms with van der Waals surface area (Å²) in [5.74, 6) is 2.41. The van der Waals surface area contributed by atoms with Crippen molar-refractivity contribution < 1.29 is 4.74 Å². The van der Waals surface area contributed by atoms with E-state index in [1.165, 1.54) is 0 Å². The van der Waals surface area contributed by atoms with Crippen molar-refractivity contribution in [2.75, 3.05) is 5.32 Å². The second kappa shape index (κ2) is 7.40. The lowest BCUT2D eigenvalue weighted by molar-refractivity contribution is 0.308. The molecule has 1 aromatic carbocycles. The molecule has 0 spiro atoms. The van der Waals surface area contributed by atoms with E-state index in [9.17, 15) is 0 Å². The number of benzene rings is 1. The first-order chi connectivity index (χ1) is 12.3. The number of hydrogen-bond acceptors (Lipinski definition) is 3. The van der Waals surface area contributed by atoms with Gasteiger partial charge in [-0.2, -0.15) is 0 Å². The van der Waals surface area contributed by atoms with Gasteiger partial charge in [0.1, 0.15) is 12.4 Å². The first-order valence-corrected chi connectivity index (χ1v) is 9.28. The Labute approximate surface area is 156 Å². The third-order valence-corrected chi connectivity index (χ3v) is 4.02. The van der Waals surface area contributed by atoms with E-state index < -0.39 is 0 Å². The second-order valence-electron chi connectivity index (χ2n) is 8.22. The van der Waals surface area contributed by atoms with Gasteiger partial charge in [-0.3, -0.25) is 4.40 Å². The minimum atomic E-state index is -0.0391. The van der Waals surface area contributed by atoms with Gasteiger partial charge in [0.2, 0.25) is 0 Å². The van der Waals surface area contributed by atoms with Crippen LogP contribution >= 0.6 is 0 Å². The average Bonchev–Trinajstić information content (AvgIpc) is 2.90. The molecule has 0 fully saturated rings. The number of imidazole rings is 1. The Balaban J connectivity index is 1.97. The third kappa shape index (κ3) is 4.37. The highest BCUT2D eigenvalue weighted by Crippen LogP contribution is 2.29. The minimum Gasteiger partial charge on any atom is -0.485 e. The van der Waals surface area contributed by atoms with Crippen molar-refractivity contribution in [2.24, 2.45) is 5.92 Å². The summed E-state index contributed by atoms with van der Waals surface area (Å²) in [5.41, 5.74) is 3.07. The number of nitrogens with zero attached hydrogens (tertiary/aromatic N) is 2. The molecule has 0 unspecified atom stereocenters. The average molecular weight is 351 g/mol. The highest BCUT2D eigenvalue weighted by molar-refractivity contribution is 5.63. The lowest BCUT2D eigenvalue weighted by Crippen LogP contribution is -2.27. The maximum atomic E-state index is 6.10. The van der Waals surface area contributed by atoms with Crippen molar-refractivity contribution >= 4 is 11.5 Å². The van der Waals surface area contributed by atoms with Gasteiger partial charge in [-0.15, -0.1) is 0 Å². The molecule has 0 aliphatic heterocycles. The molecular weight excluding hydrogens is 322 g/mol. The zero-order chi connectivity index (χ0) is 18.7. The van der Waals surface area contributed by atoms with Crippen molar-refractivity contribution in [3.8, 4) is 5.75 Å². The summed E-state index contributed by atoms with van der Waals surface area (Å²) in [5, 5.41) is 3.62. The van der Waals surface area contributed by atoms with Gasteiger partial charge in [-0.1, -0.05) is 44.2 Å². The Morgan fingerprint density at radius 3 is 2.46 bits per heavy atom. The molecule has 0 saturated heterocycles. The predicted molar refractivity (Wildman–Crippen MR) is 108 cm³/mol. The van der Waals surface area contributed by atoms with Crippen LogP contribution in [-0.2, 0) is 13.0 Å². The number of ether oxygens (including phenoxy) is 1. The first kappa shape index (κ1) is 18.3. The lowest BCUT2D eigenvalue weighted by atomic mass is 10.1. The van der Waals surface area contributed by atoms with Crippen LogP contribution in [0.4, 0.5) is 5.82 Å². The number of rotatable bonds is 6. The van der Waals surface area contributed by atoms with Gasteiger partial charge in [0.25, 0.3) is 0 Å². The Kier molecular flexibility index (Phi) is 5.21. The molecule has 26 heavy (non-hydrogen) atoms. The second-order valence-corrected chi connectivity index (χ2v) is 8.22. The molecule has 138 valence electrons.